The molecular formula is C19H17N3O3. The number of benzene rings is 2. The molecule has 2 aromatic heterocycles. The van der Waals surface area contributed by atoms with Gasteiger partial charge in [-0.15, -0.1) is 0 Å². The first kappa shape index (κ1) is 15.3. The molecule has 6 heteroatoms. The van der Waals surface area contributed by atoms with E-state index in [1.54, 1.807) is 28.8 Å². The quantitative estimate of drug-likeness (QED) is 0.622. The number of phenolic OH excluding ortho intramolecular Hbond substituents is 1. The highest BCUT2D eigenvalue weighted by Gasteiger charge is 2.09. The van der Waals surface area contributed by atoms with Gasteiger partial charge in [0.05, 0.1) is 18.0 Å². The van der Waals surface area contributed by atoms with Gasteiger partial charge in [0.2, 0.25) is 5.78 Å². The van der Waals surface area contributed by atoms with Crippen LogP contribution in [0.1, 0.15) is 5.56 Å². The number of phenols is 1. The fourth-order valence-corrected chi connectivity index (χ4v) is 3.00. The average Bonchev–Trinajstić information content (AvgIpc) is 3.03. The number of imidazole rings is 1. The largest absolute Gasteiger partial charge is 0.504 e. The Labute approximate surface area is 143 Å². The summed E-state index contributed by atoms with van der Waals surface area (Å²) >= 11 is 0. The van der Waals surface area contributed by atoms with Gasteiger partial charge in [-0.05, 0) is 36.2 Å². The van der Waals surface area contributed by atoms with E-state index in [-0.39, 0.29) is 11.3 Å². The van der Waals surface area contributed by atoms with Crippen LogP contribution in [-0.2, 0) is 13.0 Å². The molecule has 25 heavy (non-hydrogen) atoms. The first-order chi connectivity index (χ1) is 12.2. The van der Waals surface area contributed by atoms with Crippen molar-refractivity contribution in [2.45, 2.75) is 13.0 Å². The van der Waals surface area contributed by atoms with E-state index in [0.29, 0.717) is 35.4 Å². The monoisotopic (exact) mass is 335 g/mol. The lowest BCUT2D eigenvalue weighted by Gasteiger charge is -2.08. The maximum atomic E-state index is 12.6. The van der Waals surface area contributed by atoms with E-state index in [4.69, 9.17) is 4.74 Å². The summed E-state index contributed by atoms with van der Waals surface area (Å²) in [6.45, 7) is 0.646. The Morgan fingerprint density at radius 3 is 2.80 bits per heavy atom. The Bertz CT molecular complexity index is 1130. The van der Waals surface area contributed by atoms with Crippen LogP contribution in [0, 0.1) is 0 Å². The van der Waals surface area contributed by atoms with Crippen LogP contribution < -0.4 is 10.3 Å². The summed E-state index contributed by atoms with van der Waals surface area (Å²) in [7, 11) is 1.52. The van der Waals surface area contributed by atoms with Gasteiger partial charge in [0.1, 0.15) is 0 Å². The first-order valence-electron chi connectivity index (χ1n) is 7.99. The smallest absolute Gasteiger partial charge is 0.266 e. The number of aromatic hydroxyl groups is 1. The van der Waals surface area contributed by atoms with Crippen LogP contribution in [0.25, 0.3) is 16.7 Å². The molecule has 2 aromatic carbocycles. The number of methoxy groups -OCH3 is 1. The predicted molar refractivity (Wildman–Crippen MR) is 95.3 cm³/mol. The van der Waals surface area contributed by atoms with Gasteiger partial charge >= 0.3 is 0 Å². The minimum absolute atomic E-state index is 0.0681. The number of aromatic nitrogens is 3. The van der Waals surface area contributed by atoms with Crippen molar-refractivity contribution in [2.24, 2.45) is 0 Å². The number of rotatable bonds is 4. The molecule has 126 valence electrons. The van der Waals surface area contributed by atoms with E-state index in [1.807, 2.05) is 35.0 Å². The maximum Gasteiger partial charge on any atom is 0.266 e. The summed E-state index contributed by atoms with van der Waals surface area (Å²) in [6, 6.07) is 12.7. The first-order valence-corrected chi connectivity index (χ1v) is 7.99. The highest BCUT2D eigenvalue weighted by molar-refractivity contribution is 5.78. The lowest BCUT2D eigenvalue weighted by molar-refractivity contribution is 0.373. The zero-order chi connectivity index (χ0) is 17.4. The molecule has 6 nitrogen and oxygen atoms in total. The van der Waals surface area contributed by atoms with Crippen molar-refractivity contribution in [1.82, 2.24) is 14.0 Å². The summed E-state index contributed by atoms with van der Waals surface area (Å²) in [5.74, 6) is 1.19. The summed E-state index contributed by atoms with van der Waals surface area (Å²) in [5.41, 5.74) is 1.60. The Morgan fingerprint density at radius 1 is 1.16 bits per heavy atom. The van der Waals surface area contributed by atoms with Crippen LogP contribution >= 0.6 is 0 Å². The summed E-state index contributed by atoms with van der Waals surface area (Å²) in [6.07, 6.45) is 4.29. The second-order valence-corrected chi connectivity index (χ2v) is 5.85. The Morgan fingerprint density at radius 2 is 2.00 bits per heavy atom. The van der Waals surface area contributed by atoms with E-state index in [2.05, 4.69) is 4.98 Å². The highest BCUT2D eigenvalue weighted by Crippen LogP contribution is 2.26. The molecule has 0 bridgehead atoms. The van der Waals surface area contributed by atoms with Crippen molar-refractivity contribution in [1.29, 1.82) is 0 Å². The van der Waals surface area contributed by atoms with Gasteiger partial charge < -0.3 is 14.4 Å². The number of hydrogen-bond acceptors (Lipinski definition) is 4. The molecule has 0 aliphatic rings. The standard InChI is InChI=1S/C19H17N3O3/c1-25-17-7-6-13(12-16(17)23)8-9-21-10-11-22-18(24)14-4-2-3-5-15(14)20-19(21)22/h2-7,10-12,23H,8-9H2,1H3. The van der Waals surface area contributed by atoms with Crippen LogP contribution in [0.2, 0.25) is 0 Å². The molecule has 2 heterocycles. The third-order valence-corrected chi connectivity index (χ3v) is 4.33. The molecule has 0 unspecified atom stereocenters. The third kappa shape index (κ3) is 2.61. The van der Waals surface area contributed by atoms with E-state index in [0.717, 1.165) is 5.56 Å². The molecule has 4 rings (SSSR count). The second kappa shape index (κ2) is 5.98. The predicted octanol–water partition coefficient (Wildman–Crippen LogP) is 2.61. The van der Waals surface area contributed by atoms with E-state index < -0.39 is 0 Å². The number of hydrogen-bond donors (Lipinski definition) is 1. The summed E-state index contributed by atoms with van der Waals surface area (Å²) < 4.78 is 8.56. The molecule has 0 amide bonds. The number of ether oxygens (including phenoxy) is 1. The molecule has 0 atom stereocenters. The third-order valence-electron chi connectivity index (χ3n) is 4.33. The number of fused-ring (bicyclic) bond motifs is 2. The van der Waals surface area contributed by atoms with Crippen molar-refractivity contribution in [3.05, 3.63) is 70.8 Å². The van der Waals surface area contributed by atoms with E-state index in [9.17, 15) is 9.90 Å². The van der Waals surface area contributed by atoms with E-state index in [1.165, 1.54) is 7.11 Å². The van der Waals surface area contributed by atoms with Gasteiger partial charge in [-0.2, -0.15) is 0 Å². The van der Waals surface area contributed by atoms with Crippen LogP contribution in [0.4, 0.5) is 0 Å². The van der Waals surface area contributed by atoms with Crippen molar-refractivity contribution in [3.63, 3.8) is 0 Å². The molecule has 0 radical (unpaired) electrons. The lowest BCUT2D eigenvalue weighted by atomic mass is 10.1. The average molecular weight is 335 g/mol. The summed E-state index contributed by atoms with van der Waals surface area (Å²) in [5, 5.41) is 10.5. The van der Waals surface area contributed by atoms with Crippen LogP contribution in [0.3, 0.4) is 0 Å². The van der Waals surface area contributed by atoms with Gasteiger partial charge in [0.15, 0.2) is 11.5 Å². The van der Waals surface area contributed by atoms with Crippen molar-refractivity contribution < 1.29 is 9.84 Å². The fourth-order valence-electron chi connectivity index (χ4n) is 3.00. The van der Waals surface area contributed by atoms with Crippen molar-refractivity contribution in [3.8, 4) is 11.5 Å². The van der Waals surface area contributed by atoms with Gasteiger partial charge in [0, 0.05) is 18.9 Å². The van der Waals surface area contributed by atoms with Crippen LogP contribution in [0.15, 0.2) is 59.7 Å². The maximum absolute atomic E-state index is 12.6. The second-order valence-electron chi connectivity index (χ2n) is 5.85. The topological polar surface area (TPSA) is 68.8 Å². The number of para-hydroxylation sites is 1. The van der Waals surface area contributed by atoms with Gasteiger partial charge in [-0.3, -0.25) is 9.20 Å². The molecule has 0 fully saturated rings. The molecule has 4 aromatic rings. The number of aryl methyl sites for hydroxylation is 2. The molecule has 1 N–H and O–H groups in total. The van der Waals surface area contributed by atoms with Crippen molar-refractivity contribution in [2.75, 3.05) is 7.11 Å². The van der Waals surface area contributed by atoms with Crippen LogP contribution in [0.5, 0.6) is 11.5 Å². The molecule has 0 aliphatic heterocycles. The highest BCUT2D eigenvalue weighted by atomic mass is 16.5. The van der Waals surface area contributed by atoms with E-state index >= 15 is 0 Å². The van der Waals surface area contributed by atoms with Gasteiger partial charge in [-0.25, -0.2) is 4.98 Å². The lowest BCUT2D eigenvalue weighted by Crippen LogP contribution is -2.15. The molecule has 0 saturated carbocycles. The van der Waals surface area contributed by atoms with Gasteiger partial charge in [-0.1, -0.05) is 18.2 Å². The zero-order valence-corrected chi connectivity index (χ0v) is 13.7. The Balaban J connectivity index is 1.68. The summed E-state index contributed by atoms with van der Waals surface area (Å²) in [4.78, 5) is 17.2. The Kier molecular flexibility index (Phi) is 3.65. The molecule has 0 aliphatic carbocycles. The Hall–Kier alpha value is -3.28. The SMILES string of the molecule is COc1ccc(CCn2ccn3c(=O)c4ccccc4nc23)cc1O. The molecular weight excluding hydrogens is 318 g/mol. The minimum atomic E-state index is -0.0681. The molecule has 0 saturated heterocycles. The van der Waals surface area contributed by atoms with Crippen molar-refractivity contribution >= 4 is 16.7 Å². The van der Waals surface area contributed by atoms with Gasteiger partial charge in [0.25, 0.3) is 5.56 Å². The minimum Gasteiger partial charge on any atom is -0.504 e. The van der Waals surface area contributed by atoms with Crippen LogP contribution in [-0.4, -0.2) is 26.2 Å². The number of nitrogens with zero attached hydrogens (tertiary/aromatic N) is 3. The molecule has 0 spiro atoms. The fraction of sp³-hybridized carbons (Fsp3) is 0.158. The normalized spacial score (nSPS) is 11.2. The zero-order valence-electron chi connectivity index (χ0n) is 13.7.